The highest BCUT2D eigenvalue weighted by Crippen LogP contribution is 2.30. The van der Waals surface area contributed by atoms with Gasteiger partial charge in [0.15, 0.2) is 12.6 Å². The fourth-order valence-electron chi connectivity index (χ4n) is 7.33. The van der Waals surface area contributed by atoms with Crippen molar-refractivity contribution >= 4 is 5.91 Å². The van der Waals surface area contributed by atoms with Crippen LogP contribution in [-0.4, -0.2) is 140 Å². The van der Waals surface area contributed by atoms with Crippen LogP contribution < -0.4 is 5.32 Å². The first-order valence-corrected chi connectivity index (χ1v) is 24.3. The fraction of sp³-hybridized carbons (Fsp3) is 0.706. The van der Waals surface area contributed by atoms with Gasteiger partial charge in [-0.1, -0.05) is 137 Å². The minimum Gasteiger partial charge on any atom is -0.394 e. The Hall–Kier alpha value is -2.83. The topological polar surface area (TPSA) is 228 Å². The van der Waals surface area contributed by atoms with Gasteiger partial charge in [-0.2, -0.15) is 0 Å². The zero-order chi connectivity index (χ0) is 47.5. The maximum atomic E-state index is 13.1. The zero-order valence-electron chi connectivity index (χ0n) is 39.2. The molecule has 9 N–H and O–H groups in total. The van der Waals surface area contributed by atoms with Gasteiger partial charge in [0.05, 0.1) is 32.0 Å². The van der Waals surface area contributed by atoms with E-state index in [1.807, 2.05) is 6.08 Å². The predicted molar refractivity (Wildman–Crippen MR) is 253 cm³/mol. The van der Waals surface area contributed by atoms with Crippen molar-refractivity contribution in [3.8, 4) is 0 Å². The van der Waals surface area contributed by atoms with E-state index in [-0.39, 0.29) is 18.9 Å². The molecule has 14 nitrogen and oxygen atoms in total. The second kappa shape index (κ2) is 37.2. The molecule has 12 atom stereocenters. The second-order valence-electron chi connectivity index (χ2n) is 16.8. The van der Waals surface area contributed by atoms with E-state index in [0.29, 0.717) is 12.8 Å². The zero-order valence-corrected chi connectivity index (χ0v) is 39.2. The molecule has 0 bridgehead atoms. The quantitative estimate of drug-likeness (QED) is 0.0270. The average Bonchev–Trinajstić information content (AvgIpc) is 3.30. The third kappa shape index (κ3) is 24.7. The first-order valence-electron chi connectivity index (χ1n) is 24.3. The smallest absolute Gasteiger partial charge is 0.220 e. The molecule has 2 aliphatic rings. The first kappa shape index (κ1) is 58.3. The van der Waals surface area contributed by atoms with Gasteiger partial charge in [0.1, 0.15) is 48.8 Å². The lowest BCUT2D eigenvalue weighted by Crippen LogP contribution is -2.65. The van der Waals surface area contributed by atoms with Crippen molar-refractivity contribution in [1.29, 1.82) is 0 Å². The monoisotopic (exact) mass is 920 g/mol. The third-order valence-corrected chi connectivity index (χ3v) is 11.3. The van der Waals surface area contributed by atoms with Crippen LogP contribution in [0.5, 0.6) is 0 Å². The molecule has 2 rings (SSSR count). The van der Waals surface area contributed by atoms with Crippen LogP contribution >= 0.6 is 0 Å². The molecule has 1 amide bonds. The maximum absolute atomic E-state index is 13.1. The minimum atomic E-state index is -1.80. The molecule has 372 valence electrons. The van der Waals surface area contributed by atoms with Crippen molar-refractivity contribution in [3.63, 3.8) is 0 Å². The van der Waals surface area contributed by atoms with E-state index in [1.165, 1.54) is 38.5 Å². The summed E-state index contributed by atoms with van der Waals surface area (Å²) in [6.45, 7) is 2.57. The molecule has 0 aliphatic carbocycles. The summed E-state index contributed by atoms with van der Waals surface area (Å²) in [7, 11) is 0. The van der Waals surface area contributed by atoms with E-state index in [1.54, 1.807) is 6.08 Å². The molecule has 2 aliphatic heterocycles. The fourth-order valence-corrected chi connectivity index (χ4v) is 7.33. The summed E-state index contributed by atoms with van der Waals surface area (Å²) in [6.07, 6.45) is 30.6. The van der Waals surface area contributed by atoms with E-state index < -0.39 is 86.8 Å². The Balaban J connectivity index is 1.89. The predicted octanol–water partition coefficient (Wildman–Crippen LogP) is 5.82. The Kier molecular flexibility index (Phi) is 33.4. The van der Waals surface area contributed by atoms with Gasteiger partial charge in [-0.3, -0.25) is 4.79 Å². The molecule has 0 aromatic heterocycles. The van der Waals surface area contributed by atoms with Crippen LogP contribution in [0.3, 0.4) is 0 Å². The van der Waals surface area contributed by atoms with Gasteiger partial charge in [-0.15, -0.1) is 0 Å². The van der Waals surface area contributed by atoms with Crippen molar-refractivity contribution in [2.24, 2.45) is 0 Å². The molecule has 14 heteroatoms. The molecular formula is C51H85NO13. The normalized spacial score (nSPS) is 27.8. The van der Waals surface area contributed by atoms with Gasteiger partial charge >= 0.3 is 0 Å². The number of aliphatic hydroxyl groups is 8. The summed E-state index contributed by atoms with van der Waals surface area (Å²) in [5.74, 6) is -0.287. The number of rotatable bonds is 35. The van der Waals surface area contributed by atoms with Crippen LogP contribution in [0.2, 0.25) is 0 Å². The molecule has 0 aromatic carbocycles. The molecule has 0 saturated carbocycles. The summed E-state index contributed by atoms with van der Waals surface area (Å²) in [5.41, 5.74) is 0. The highest BCUT2D eigenvalue weighted by molar-refractivity contribution is 5.76. The first-order chi connectivity index (χ1) is 31.6. The number of carbonyl (C=O) groups is 1. The molecule has 12 unspecified atom stereocenters. The standard InChI is InChI=1S/C51H85NO13/c1-3-5-7-9-11-13-15-17-18-19-20-21-22-23-25-27-29-31-33-35-43(56)52-39(40(55)34-32-30-28-26-24-16-14-12-10-8-6-4-2)38-62-50-48(61)46(59)49(42(37-54)64-50)65-51-47(60)45(58)44(57)41(36-53)63-51/h5,7,11,13,17-18,20-21,23-26,32,34,39-42,44-51,53-55,57-61H,3-4,6,8-10,12,14-16,19,22,27-31,33,35-38H2,1-2H3,(H,52,56)/b7-5-,13-11-,18-17-,21-20-,25-23-,26-24+,34-32+. The Morgan fingerprint density at radius 2 is 1.08 bits per heavy atom. The Morgan fingerprint density at radius 1 is 0.569 bits per heavy atom. The van der Waals surface area contributed by atoms with E-state index in [4.69, 9.17) is 18.9 Å². The van der Waals surface area contributed by atoms with Crippen LogP contribution in [0, 0.1) is 0 Å². The molecule has 2 saturated heterocycles. The van der Waals surface area contributed by atoms with Gasteiger partial charge < -0.3 is 65.1 Å². The number of unbranched alkanes of at least 4 members (excludes halogenated alkanes) is 10. The lowest BCUT2D eigenvalue weighted by Gasteiger charge is -2.46. The number of hydrogen-bond acceptors (Lipinski definition) is 13. The number of ether oxygens (including phenoxy) is 4. The van der Waals surface area contributed by atoms with Gasteiger partial charge in [0.25, 0.3) is 0 Å². The van der Waals surface area contributed by atoms with E-state index in [9.17, 15) is 45.6 Å². The highest BCUT2D eigenvalue weighted by atomic mass is 16.7. The summed E-state index contributed by atoms with van der Waals surface area (Å²) in [5, 5.41) is 86.5. The van der Waals surface area contributed by atoms with Crippen molar-refractivity contribution in [3.05, 3.63) is 85.1 Å². The van der Waals surface area contributed by atoms with Crippen molar-refractivity contribution in [1.82, 2.24) is 5.32 Å². The summed E-state index contributed by atoms with van der Waals surface area (Å²) in [6, 6.07) is -0.952. The van der Waals surface area contributed by atoms with Crippen molar-refractivity contribution < 1.29 is 64.6 Å². The van der Waals surface area contributed by atoms with Crippen LogP contribution in [0.1, 0.15) is 136 Å². The Labute approximate surface area is 389 Å². The number of nitrogens with one attached hydrogen (secondary N) is 1. The molecular weight excluding hydrogens is 835 g/mol. The van der Waals surface area contributed by atoms with Gasteiger partial charge in [0.2, 0.25) is 5.91 Å². The molecule has 0 radical (unpaired) electrons. The minimum absolute atomic E-state index is 0.229. The SMILES string of the molecule is CC/C=C\C/C=C\C/C=C\C/C=C\C/C=C\CCCCCC(=O)NC(COC1OC(CO)C(OC2OC(CO)C(O)C(O)C2O)C(O)C1O)C(O)/C=C/CC/C=C/CCCCCCCC. The van der Waals surface area contributed by atoms with Crippen LogP contribution in [-0.2, 0) is 23.7 Å². The lowest BCUT2D eigenvalue weighted by atomic mass is 9.97. The maximum Gasteiger partial charge on any atom is 0.220 e. The molecule has 0 spiro atoms. The number of amides is 1. The highest BCUT2D eigenvalue weighted by Gasteiger charge is 2.51. The third-order valence-electron chi connectivity index (χ3n) is 11.3. The van der Waals surface area contributed by atoms with E-state index >= 15 is 0 Å². The number of carbonyl (C=O) groups excluding carboxylic acids is 1. The number of hydrogen-bond donors (Lipinski definition) is 9. The second-order valence-corrected chi connectivity index (χ2v) is 16.8. The number of aliphatic hydroxyl groups excluding tert-OH is 8. The van der Waals surface area contributed by atoms with Gasteiger partial charge in [0, 0.05) is 6.42 Å². The van der Waals surface area contributed by atoms with Crippen LogP contribution in [0.4, 0.5) is 0 Å². The molecule has 65 heavy (non-hydrogen) atoms. The van der Waals surface area contributed by atoms with Crippen LogP contribution in [0.15, 0.2) is 85.1 Å². The molecule has 2 heterocycles. The average molecular weight is 920 g/mol. The summed E-state index contributed by atoms with van der Waals surface area (Å²) in [4.78, 5) is 13.1. The Morgan fingerprint density at radius 3 is 1.69 bits per heavy atom. The van der Waals surface area contributed by atoms with Gasteiger partial charge in [-0.25, -0.2) is 0 Å². The largest absolute Gasteiger partial charge is 0.394 e. The molecule has 0 aromatic rings. The molecule has 2 fully saturated rings. The summed E-state index contributed by atoms with van der Waals surface area (Å²) < 4.78 is 22.6. The van der Waals surface area contributed by atoms with Crippen molar-refractivity contribution in [2.75, 3.05) is 19.8 Å². The van der Waals surface area contributed by atoms with E-state index in [2.05, 4.69) is 92.1 Å². The van der Waals surface area contributed by atoms with Crippen molar-refractivity contribution in [2.45, 2.75) is 209 Å². The Bertz CT molecular complexity index is 1410. The van der Waals surface area contributed by atoms with Gasteiger partial charge in [-0.05, 0) is 77.0 Å². The lowest BCUT2D eigenvalue weighted by molar-refractivity contribution is -0.359. The number of allylic oxidation sites excluding steroid dienone is 13. The van der Waals surface area contributed by atoms with Crippen LogP contribution in [0.25, 0.3) is 0 Å². The van der Waals surface area contributed by atoms with E-state index in [0.717, 1.165) is 64.2 Å². The summed E-state index contributed by atoms with van der Waals surface area (Å²) >= 11 is 0.